The number of hydrogen-bond acceptors (Lipinski definition) is 5. The number of nitrogens with zero attached hydrogens (tertiary/aromatic N) is 4. The molecule has 5 aromatic heterocycles. The standard InChI is InChI=1S/C31H26FN7/c1-18(19-4-2-3-5-19)36-24-12-21(15-33-17-24)22-13-26-30(38-39-31(26)35-16-22)28-14-25-27(37-28)10-11-34-29(25)20-6-8-23(32)9-7-20/h6-17,19,36-37H,1-5H2,(H,35,38,39). The van der Waals surface area contributed by atoms with Crippen molar-refractivity contribution in [3.05, 3.63) is 91.4 Å². The molecule has 7 nitrogen and oxygen atoms in total. The lowest BCUT2D eigenvalue weighted by Crippen LogP contribution is -2.07. The van der Waals surface area contributed by atoms with Crippen LogP contribution in [0.25, 0.3) is 55.7 Å². The highest BCUT2D eigenvalue weighted by atomic mass is 19.1. The van der Waals surface area contributed by atoms with Crippen LogP contribution in [0, 0.1) is 11.7 Å². The number of halogens is 1. The molecule has 1 aromatic carbocycles. The van der Waals surface area contributed by atoms with Gasteiger partial charge in [-0.05, 0) is 67.3 Å². The van der Waals surface area contributed by atoms with Gasteiger partial charge < -0.3 is 10.3 Å². The number of rotatable bonds is 6. The van der Waals surface area contributed by atoms with Crippen LogP contribution in [0.2, 0.25) is 0 Å². The van der Waals surface area contributed by atoms with Gasteiger partial charge in [0, 0.05) is 57.3 Å². The van der Waals surface area contributed by atoms with Gasteiger partial charge >= 0.3 is 0 Å². The van der Waals surface area contributed by atoms with Crippen LogP contribution < -0.4 is 5.32 Å². The number of anilines is 1. The predicted octanol–water partition coefficient (Wildman–Crippen LogP) is 7.49. The maximum atomic E-state index is 13.5. The highest BCUT2D eigenvalue weighted by molar-refractivity contribution is 6.00. The van der Waals surface area contributed by atoms with E-state index >= 15 is 0 Å². The predicted molar refractivity (Wildman–Crippen MR) is 152 cm³/mol. The van der Waals surface area contributed by atoms with Crippen LogP contribution >= 0.6 is 0 Å². The molecule has 3 N–H and O–H groups in total. The summed E-state index contributed by atoms with van der Waals surface area (Å²) in [5.41, 5.74) is 8.77. The van der Waals surface area contributed by atoms with Gasteiger partial charge in [0.25, 0.3) is 0 Å². The fraction of sp³-hybridized carbons (Fsp3) is 0.161. The molecule has 0 unspecified atom stereocenters. The van der Waals surface area contributed by atoms with E-state index in [2.05, 4.69) is 54.2 Å². The van der Waals surface area contributed by atoms with E-state index in [1.165, 1.54) is 37.8 Å². The van der Waals surface area contributed by atoms with E-state index in [4.69, 9.17) is 0 Å². The fourth-order valence-corrected chi connectivity index (χ4v) is 5.52. The van der Waals surface area contributed by atoms with Gasteiger partial charge in [0.15, 0.2) is 5.65 Å². The Kier molecular flexibility index (Phi) is 5.65. The topological polar surface area (TPSA) is 95.2 Å². The third kappa shape index (κ3) is 4.33. The molecular weight excluding hydrogens is 489 g/mol. The van der Waals surface area contributed by atoms with Crippen LogP contribution in [0.5, 0.6) is 0 Å². The molecular formula is C31H26FN7. The molecule has 5 heterocycles. The lowest BCUT2D eigenvalue weighted by atomic mass is 10.0. The second kappa shape index (κ2) is 9.47. The number of nitrogens with one attached hydrogen (secondary N) is 3. The van der Waals surface area contributed by atoms with E-state index < -0.39 is 0 Å². The SMILES string of the molecule is C=C(Nc1cncc(-c2cnc3n[nH]c(-c4cc5c(-c6ccc(F)cc6)nccc5[nH]4)c3c2)c1)C1CCCC1. The molecule has 39 heavy (non-hydrogen) atoms. The molecule has 1 aliphatic carbocycles. The molecule has 0 saturated heterocycles. The van der Waals surface area contributed by atoms with Gasteiger partial charge in [-0.15, -0.1) is 0 Å². The Labute approximate surface area is 224 Å². The molecule has 0 spiro atoms. The number of pyridine rings is 3. The molecule has 8 heteroatoms. The highest BCUT2D eigenvalue weighted by Crippen LogP contribution is 2.35. The maximum absolute atomic E-state index is 13.5. The van der Waals surface area contributed by atoms with Crippen molar-refractivity contribution in [3.63, 3.8) is 0 Å². The molecule has 192 valence electrons. The minimum Gasteiger partial charge on any atom is -0.358 e. The normalized spacial score (nSPS) is 13.9. The van der Waals surface area contributed by atoms with Gasteiger partial charge in [0.1, 0.15) is 5.82 Å². The molecule has 0 amide bonds. The van der Waals surface area contributed by atoms with E-state index in [1.54, 1.807) is 18.3 Å². The molecule has 0 radical (unpaired) electrons. The largest absolute Gasteiger partial charge is 0.358 e. The minimum atomic E-state index is -0.275. The maximum Gasteiger partial charge on any atom is 0.181 e. The zero-order chi connectivity index (χ0) is 26.3. The van der Waals surface area contributed by atoms with Crippen molar-refractivity contribution in [2.24, 2.45) is 5.92 Å². The Morgan fingerprint density at radius 3 is 2.56 bits per heavy atom. The molecule has 0 atom stereocenters. The summed E-state index contributed by atoms with van der Waals surface area (Å²) in [5.74, 6) is 0.249. The zero-order valence-electron chi connectivity index (χ0n) is 21.2. The molecule has 1 aliphatic rings. The molecule has 0 aliphatic heterocycles. The quantitative estimate of drug-likeness (QED) is 0.214. The highest BCUT2D eigenvalue weighted by Gasteiger charge is 2.19. The van der Waals surface area contributed by atoms with Crippen molar-refractivity contribution in [2.45, 2.75) is 25.7 Å². The first kappa shape index (κ1) is 23.3. The van der Waals surface area contributed by atoms with Crippen molar-refractivity contribution < 1.29 is 4.39 Å². The third-order valence-corrected chi connectivity index (χ3v) is 7.57. The van der Waals surface area contributed by atoms with Crippen LogP contribution in [0.3, 0.4) is 0 Å². The number of hydrogen-bond donors (Lipinski definition) is 3. The number of benzene rings is 1. The van der Waals surface area contributed by atoms with Gasteiger partial charge in [-0.25, -0.2) is 9.37 Å². The summed E-state index contributed by atoms with van der Waals surface area (Å²) in [6, 6.07) is 14.5. The van der Waals surface area contributed by atoms with Gasteiger partial charge in [0.2, 0.25) is 0 Å². The fourth-order valence-electron chi connectivity index (χ4n) is 5.52. The summed E-state index contributed by atoms with van der Waals surface area (Å²) in [6.07, 6.45) is 12.2. The Morgan fingerprint density at radius 2 is 1.72 bits per heavy atom. The first-order chi connectivity index (χ1) is 19.1. The van der Waals surface area contributed by atoms with Gasteiger partial charge in [0.05, 0.1) is 29.0 Å². The lowest BCUT2D eigenvalue weighted by Gasteiger charge is -2.15. The van der Waals surface area contributed by atoms with Gasteiger partial charge in [-0.2, -0.15) is 5.10 Å². The number of aromatic nitrogens is 6. The second-order valence-corrected chi connectivity index (χ2v) is 10.1. The summed E-state index contributed by atoms with van der Waals surface area (Å²) in [4.78, 5) is 17.1. The Balaban J connectivity index is 1.24. The van der Waals surface area contributed by atoms with E-state index in [1.807, 2.05) is 30.7 Å². The molecule has 7 rings (SSSR count). The van der Waals surface area contributed by atoms with Crippen LogP contribution in [0.15, 0.2) is 85.6 Å². The van der Waals surface area contributed by atoms with Crippen molar-refractivity contribution in [2.75, 3.05) is 5.32 Å². The third-order valence-electron chi connectivity index (χ3n) is 7.57. The summed E-state index contributed by atoms with van der Waals surface area (Å²) < 4.78 is 13.5. The monoisotopic (exact) mass is 515 g/mol. The number of aromatic amines is 2. The van der Waals surface area contributed by atoms with E-state index in [0.717, 1.165) is 61.4 Å². The first-order valence-corrected chi connectivity index (χ1v) is 13.1. The number of H-pyrrole nitrogens is 2. The Hall–Kier alpha value is -4.85. The van der Waals surface area contributed by atoms with Gasteiger partial charge in [-0.1, -0.05) is 19.4 Å². The van der Waals surface area contributed by atoms with Gasteiger partial charge in [-0.3, -0.25) is 15.1 Å². The summed E-state index contributed by atoms with van der Waals surface area (Å²) in [6.45, 7) is 4.27. The molecule has 1 fully saturated rings. The lowest BCUT2D eigenvalue weighted by molar-refractivity contribution is 0.628. The average Bonchev–Trinajstić information content (AvgIpc) is 3.73. The van der Waals surface area contributed by atoms with E-state index in [-0.39, 0.29) is 5.82 Å². The summed E-state index contributed by atoms with van der Waals surface area (Å²) >= 11 is 0. The zero-order valence-corrected chi connectivity index (χ0v) is 21.2. The molecule has 0 bridgehead atoms. The van der Waals surface area contributed by atoms with Crippen LogP contribution in [0.4, 0.5) is 10.1 Å². The van der Waals surface area contributed by atoms with Crippen molar-refractivity contribution in [3.8, 4) is 33.8 Å². The Morgan fingerprint density at radius 1 is 0.897 bits per heavy atom. The summed E-state index contributed by atoms with van der Waals surface area (Å²) in [5, 5.41) is 12.9. The van der Waals surface area contributed by atoms with Crippen molar-refractivity contribution in [1.29, 1.82) is 0 Å². The van der Waals surface area contributed by atoms with E-state index in [0.29, 0.717) is 11.6 Å². The molecule has 6 aromatic rings. The van der Waals surface area contributed by atoms with Crippen LogP contribution in [-0.4, -0.2) is 30.1 Å². The first-order valence-electron chi connectivity index (χ1n) is 13.1. The number of allylic oxidation sites excluding steroid dienone is 1. The summed E-state index contributed by atoms with van der Waals surface area (Å²) in [7, 11) is 0. The van der Waals surface area contributed by atoms with Crippen molar-refractivity contribution in [1.82, 2.24) is 30.1 Å². The molecule has 1 saturated carbocycles. The van der Waals surface area contributed by atoms with Crippen molar-refractivity contribution >= 4 is 27.6 Å². The second-order valence-electron chi connectivity index (χ2n) is 10.1. The average molecular weight is 516 g/mol. The van der Waals surface area contributed by atoms with E-state index in [9.17, 15) is 4.39 Å². The number of fused-ring (bicyclic) bond motifs is 2. The van der Waals surface area contributed by atoms with Crippen LogP contribution in [0.1, 0.15) is 25.7 Å². The minimum absolute atomic E-state index is 0.275. The smallest absolute Gasteiger partial charge is 0.181 e. The van der Waals surface area contributed by atoms with Crippen LogP contribution in [-0.2, 0) is 0 Å². The Bertz CT molecular complexity index is 1830.